The van der Waals surface area contributed by atoms with Crippen molar-refractivity contribution in [3.05, 3.63) is 0 Å². The summed E-state index contributed by atoms with van der Waals surface area (Å²) in [4.78, 5) is 51.3. The fraction of sp³-hybridized carbons (Fsp3) is 0.778. The van der Waals surface area contributed by atoms with Crippen LogP contribution in [0.25, 0.3) is 0 Å². The van der Waals surface area contributed by atoms with Crippen LogP contribution in [0.1, 0.15) is 38.5 Å². The van der Waals surface area contributed by atoms with Gasteiger partial charge in [-0.3, -0.25) is 9.59 Å². The van der Waals surface area contributed by atoms with Crippen molar-refractivity contribution in [3.8, 4) is 0 Å². The summed E-state index contributed by atoms with van der Waals surface area (Å²) in [5, 5.41) is 0. The van der Waals surface area contributed by atoms with Crippen molar-refractivity contribution in [3.63, 3.8) is 0 Å². The molecule has 0 unspecified atom stereocenters. The normalized spacial score (nSPS) is 21.6. The molecule has 2 saturated heterocycles. The first-order valence-corrected chi connectivity index (χ1v) is 12.0. The maximum Gasteiger partial charge on any atom is 0.328 e. The minimum absolute atomic E-state index is 0.0323. The maximum atomic E-state index is 12.3. The standard InChI is InChI=1S/C18H28N2O6S2/c1-25-17(23)13-5-3-9-19(13)15(21)7-11-27-28-12-8-16(22)20-10-4-6-14(20)18(24)26-2/h13-14H,3-12H2,1-2H3/t13-,14-/m0/s1. The number of hydrogen-bond acceptors (Lipinski definition) is 8. The molecule has 0 saturated carbocycles. The van der Waals surface area contributed by atoms with Gasteiger partial charge in [0, 0.05) is 37.4 Å². The largest absolute Gasteiger partial charge is 0.467 e. The fourth-order valence-corrected chi connectivity index (χ4v) is 5.51. The summed E-state index contributed by atoms with van der Waals surface area (Å²) in [6.45, 7) is 1.20. The average Bonchev–Trinajstić information content (AvgIpc) is 3.38. The molecule has 0 aromatic rings. The molecular weight excluding hydrogens is 404 g/mol. The quantitative estimate of drug-likeness (QED) is 0.307. The van der Waals surface area contributed by atoms with Crippen LogP contribution in [0.2, 0.25) is 0 Å². The molecule has 158 valence electrons. The Morgan fingerprint density at radius 1 is 0.786 bits per heavy atom. The summed E-state index contributed by atoms with van der Waals surface area (Å²) in [5.41, 5.74) is 0. The predicted octanol–water partition coefficient (Wildman–Crippen LogP) is 1.48. The highest BCUT2D eigenvalue weighted by Crippen LogP contribution is 2.26. The molecule has 8 nitrogen and oxygen atoms in total. The number of nitrogens with zero attached hydrogens (tertiary/aromatic N) is 2. The van der Waals surface area contributed by atoms with Gasteiger partial charge >= 0.3 is 11.9 Å². The van der Waals surface area contributed by atoms with Crippen molar-refractivity contribution in [2.45, 2.75) is 50.6 Å². The van der Waals surface area contributed by atoms with E-state index in [2.05, 4.69) is 0 Å². The molecule has 0 N–H and O–H groups in total. The molecule has 28 heavy (non-hydrogen) atoms. The second-order valence-electron chi connectivity index (χ2n) is 6.68. The summed E-state index contributed by atoms with van der Waals surface area (Å²) < 4.78 is 9.52. The molecule has 2 aliphatic rings. The summed E-state index contributed by atoms with van der Waals surface area (Å²) >= 11 is 0. The van der Waals surface area contributed by atoms with Gasteiger partial charge in [0.2, 0.25) is 11.8 Å². The number of ether oxygens (including phenoxy) is 2. The number of carbonyl (C=O) groups is 4. The maximum absolute atomic E-state index is 12.3. The second kappa shape index (κ2) is 11.5. The smallest absolute Gasteiger partial charge is 0.328 e. The van der Waals surface area contributed by atoms with Crippen molar-refractivity contribution in [2.24, 2.45) is 0 Å². The van der Waals surface area contributed by atoms with Crippen LogP contribution < -0.4 is 0 Å². The summed E-state index contributed by atoms with van der Waals surface area (Å²) in [7, 11) is 5.76. The lowest BCUT2D eigenvalue weighted by Gasteiger charge is -2.23. The molecule has 0 aromatic carbocycles. The van der Waals surface area contributed by atoms with Crippen LogP contribution in [0, 0.1) is 0 Å². The Kier molecular flexibility index (Phi) is 9.43. The zero-order valence-electron chi connectivity index (χ0n) is 16.4. The van der Waals surface area contributed by atoms with Crippen molar-refractivity contribution in [1.82, 2.24) is 9.80 Å². The van der Waals surface area contributed by atoms with Crippen LogP contribution in [-0.2, 0) is 28.7 Å². The van der Waals surface area contributed by atoms with Crippen molar-refractivity contribution >= 4 is 45.3 Å². The van der Waals surface area contributed by atoms with E-state index in [9.17, 15) is 19.2 Å². The van der Waals surface area contributed by atoms with E-state index in [1.165, 1.54) is 14.2 Å². The molecule has 0 aliphatic carbocycles. The van der Waals surface area contributed by atoms with E-state index in [4.69, 9.17) is 9.47 Å². The Morgan fingerprint density at radius 2 is 1.18 bits per heavy atom. The van der Waals surface area contributed by atoms with Gasteiger partial charge in [-0.2, -0.15) is 0 Å². The fourth-order valence-electron chi connectivity index (χ4n) is 3.56. The van der Waals surface area contributed by atoms with Gasteiger partial charge < -0.3 is 19.3 Å². The monoisotopic (exact) mass is 432 g/mol. The number of esters is 2. The Hall–Kier alpha value is -1.42. The molecule has 2 amide bonds. The van der Waals surface area contributed by atoms with Gasteiger partial charge in [0.25, 0.3) is 0 Å². The van der Waals surface area contributed by atoms with E-state index in [-0.39, 0.29) is 23.8 Å². The summed E-state index contributed by atoms with van der Waals surface area (Å²) in [5.74, 6) is 0.481. The van der Waals surface area contributed by atoms with Crippen molar-refractivity contribution < 1.29 is 28.7 Å². The molecular formula is C18H28N2O6S2. The van der Waals surface area contributed by atoms with Crippen LogP contribution in [0.3, 0.4) is 0 Å². The van der Waals surface area contributed by atoms with Gasteiger partial charge in [-0.25, -0.2) is 9.59 Å². The number of carbonyl (C=O) groups excluding carboxylic acids is 4. The van der Waals surface area contributed by atoms with Gasteiger partial charge in [-0.05, 0) is 25.7 Å². The zero-order valence-corrected chi connectivity index (χ0v) is 18.0. The highest BCUT2D eigenvalue weighted by molar-refractivity contribution is 8.76. The van der Waals surface area contributed by atoms with Crippen molar-refractivity contribution in [2.75, 3.05) is 38.8 Å². The molecule has 0 spiro atoms. The Bertz CT molecular complexity index is 538. The first-order valence-electron chi connectivity index (χ1n) is 9.48. The van der Waals surface area contributed by atoms with Gasteiger partial charge in [0.1, 0.15) is 12.1 Å². The van der Waals surface area contributed by atoms with Crippen LogP contribution in [0.15, 0.2) is 0 Å². The second-order valence-corrected chi connectivity index (χ2v) is 9.38. The van der Waals surface area contributed by atoms with Gasteiger partial charge in [0.05, 0.1) is 14.2 Å². The third kappa shape index (κ3) is 6.04. The molecule has 2 aliphatic heterocycles. The minimum atomic E-state index is -0.448. The predicted molar refractivity (Wildman–Crippen MR) is 108 cm³/mol. The van der Waals surface area contributed by atoms with Crippen molar-refractivity contribution in [1.29, 1.82) is 0 Å². The molecule has 2 atom stereocenters. The number of hydrogen-bond donors (Lipinski definition) is 0. The summed E-state index contributed by atoms with van der Waals surface area (Å²) in [6, 6.07) is -0.896. The van der Waals surface area contributed by atoms with E-state index in [0.29, 0.717) is 50.3 Å². The van der Waals surface area contributed by atoms with E-state index >= 15 is 0 Å². The molecule has 0 aromatic heterocycles. The highest BCUT2D eigenvalue weighted by atomic mass is 33.1. The first kappa shape index (κ1) is 22.9. The molecule has 2 fully saturated rings. The molecule has 2 heterocycles. The number of methoxy groups -OCH3 is 2. The van der Waals surface area contributed by atoms with Gasteiger partial charge in [-0.15, -0.1) is 0 Å². The molecule has 0 bridgehead atoms. The van der Waals surface area contributed by atoms with E-state index in [1.807, 2.05) is 0 Å². The highest BCUT2D eigenvalue weighted by Gasteiger charge is 2.35. The minimum Gasteiger partial charge on any atom is -0.467 e. The number of amides is 2. The van der Waals surface area contributed by atoms with Crippen LogP contribution >= 0.6 is 21.6 Å². The third-order valence-electron chi connectivity index (χ3n) is 4.97. The van der Waals surface area contributed by atoms with Crippen LogP contribution in [-0.4, -0.2) is 84.5 Å². The number of rotatable bonds is 9. The van der Waals surface area contributed by atoms with Crippen LogP contribution in [0.5, 0.6) is 0 Å². The summed E-state index contributed by atoms with van der Waals surface area (Å²) in [6.07, 6.45) is 3.67. The third-order valence-corrected chi connectivity index (χ3v) is 7.38. The lowest BCUT2D eigenvalue weighted by molar-refractivity contribution is -0.150. The number of likely N-dealkylation sites (tertiary alicyclic amines) is 2. The SMILES string of the molecule is COC(=O)[C@@H]1CCCN1C(=O)CCSSCCC(=O)N1CCC[C@H]1C(=O)OC. The first-order chi connectivity index (χ1) is 13.5. The Morgan fingerprint density at radius 3 is 1.54 bits per heavy atom. The van der Waals surface area contributed by atoms with E-state index in [0.717, 1.165) is 12.8 Å². The Labute approximate surface area is 173 Å². The molecule has 10 heteroatoms. The van der Waals surface area contributed by atoms with E-state index in [1.54, 1.807) is 31.4 Å². The lowest BCUT2D eigenvalue weighted by atomic mass is 10.2. The Balaban J connectivity index is 1.61. The van der Waals surface area contributed by atoms with Gasteiger partial charge in [-0.1, -0.05) is 21.6 Å². The zero-order chi connectivity index (χ0) is 20.5. The van der Waals surface area contributed by atoms with Crippen LogP contribution in [0.4, 0.5) is 0 Å². The lowest BCUT2D eigenvalue weighted by Crippen LogP contribution is -2.41. The van der Waals surface area contributed by atoms with E-state index < -0.39 is 12.1 Å². The van der Waals surface area contributed by atoms with Gasteiger partial charge in [0.15, 0.2) is 0 Å². The average molecular weight is 433 g/mol. The topological polar surface area (TPSA) is 93.2 Å². The molecule has 0 radical (unpaired) electrons. The molecule has 2 rings (SSSR count).